The largest absolute Gasteiger partial charge is 0.454 e. The summed E-state index contributed by atoms with van der Waals surface area (Å²) in [6.45, 7) is 1.89. The van der Waals surface area contributed by atoms with Crippen LogP contribution in [0.4, 0.5) is 4.39 Å². The maximum Gasteiger partial charge on any atom is 0.165 e. The second-order valence-corrected chi connectivity index (χ2v) is 4.08. The molecule has 0 saturated heterocycles. The Kier molecular flexibility index (Phi) is 3.64. The minimum atomic E-state index is -0.364. The van der Waals surface area contributed by atoms with Gasteiger partial charge in [0, 0.05) is 5.88 Å². The van der Waals surface area contributed by atoms with Crippen LogP contribution >= 0.6 is 11.6 Å². The van der Waals surface area contributed by atoms with Crippen molar-refractivity contribution in [1.29, 1.82) is 0 Å². The van der Waals surface area contributed by atoms with E-state index in [1.807, 2.05) is 19.1 Å². The van der Waals surface area contributed by atoms with E-state index in [1.54, 1.807) is 24.3 Å². The zero-order valence-corrected chi connectivity index (χ0v) is 10.2. The number of benzene rings is 2. The smallest absolute Gasteiger partial charge is 0.165 e. The van der Waals surface area contributed by atoms with Crippen LogP contribution in [0, 0.1) is 12.7 Å². The van der Waals surface area contributed by atoms with Crippen LogP contribution in [-0.4, -0.2) is 0 Å². The summed E-state index contributed by atoms with van der Waals surface area (Å²) in [7, 11) is 0. The van der Waals surface area contributed by atoms with Gasteiger partial charge in [0.25, 0.3) is 0 Å². The highest BCUT2D eigenvalue weighted by atomic mass is 35.5. The average molecular weight is 251 g/mol. The third-order valence-electron chi connectivity index (χ3n) is 2.39. The predicted octanol–water partition coefficient (Wildman–Crippen LogP) is 4.67. The Balaban J connectivity index is 2.22. The number of hydrogen-bond acceptors (Lipinski definition) is 1. The number of rotatable bonds is 3. The predicted molar refractivity (Wildman–Crippen MR) is 67.2 cm³/mol. The Bertz CT molecular complexity index is 508. The van der Waals surface area contributed by atoms with E-state index in [0.717, 1.165) is 11.1 Å². The molecule has 0 heterocycles. The average Bonchev–Trinajstić information content (AvgIpc) is 2.35. The maximum absolute atomic E-state index is 13.5. The first-order valence-corrected chi connectivity index (χ1v) is 5.81. The van der Waals surface area contributed by atoms with Gasteiger partial charge in [-0.1, -0.05) is 18.2 Å². The highest BCUT2D eigenvalue weighted by Gasteiger charge is 2.04. The fourth-order valence-electron chi connectivity index (χ4n) is 1.46. The van der Waals surface area contributed by atoms with Crippen molar-refractivity contribution in [2.45, 2.75) is 12.8 Å². The van der Waals surface area contributed by atoms with E-state index >= 15 is 0 Å². The summed E-state index contributed by atoms with van der Waals surface area (Å²) in [5.74, 6) is 0.933. The van der Waals surface area contributed by atoms with E-state index < -0.39 is 0 Å². The molecule has 17 heavy (non-hydrogen) atoms. The minimum Gasteiger partial charge on any atom is -0.454 e. The molecular weight excluding hydrogens is 239 g/mol. The summed E-state index contributed by atoms with van der Waals surface area (Å²) in [5, 5.41) is 0. The molecule has 0 saturated carbocycles. The van der Waals surface area contributed by atoms with Crippen LogP contribution in [0.1, 0.15) is 11.1 Å². The Morgan fingerprint density at radius 3 is 2.47 bits per heavy atom. The number of ether oxygens (including phenoxy) is 1. The van der Waals surface area contributed by atoms with Gasteiger partial charge in [-0.3, -0.25) is 0 Å². The first kappa shape index (κ1) is 11.9. The summed E-state index contributed by atoms with van der Waals surface area (Å²) < 4.78 is 18.9. The molecule has 0 aliphatic rings. The van der Waals surface area contributed by atoms with Crippen LogP contribution in [0.25, 0.3) is 0 Å². The minimum absolute atomic E-state index is 0.239. The Labute approximate surface area is 105 Å². The monoisotopic (exact) mass is 250 g/mol. The van der Waals surface area contributed by atoms with Gasteiger partial charge in [0.15, 0.2) is 11.6 Å². The summed E-state index contributed by atoms with van der Waals surface area (Å²) >= 11 is 5.68. The van der Waals surface area contributed by atoms with Crippen LogP contribution in [-0.2, 0) is 5.88 Å². The summed E-state index contributed by atoms with van der Waals surface area (Å²) in [6.07, 6.45) is 0. The fraction of sp³-hybridized carbons (Fsp3) is 0.143. The Morgan fingerprint density at radius 1 is 1.12 bits per heavy atom. The van der Waals surface area contributed by atoms with Crippen molar-refractivity contribution >= 4 is 11.6 Å². The first-order chi connectivity index (χ1) is 8.19. The molecule has 0 aliphatic carbocycles. The molecule has 0 aliphatic heterocycles. The second-order valence-electron chi connectivity index (χ2n) is 3.81. The molecule has 2 aromatic rings. The Hall–Kier alpha value is -1.54. The molecule has 0 aromatic heterocycles. The topological polar surface area (TPSA) is 9.23 Å². The van der Waals surface area contributed by atoms with E-state index in [-0.39, 0.29) is 11.6 Å². The number of hydrogen-bond donors (Lipinski definition) is 0. The van der Waals surface area contributed by atoms with Crippen LogP contribution < -0.4 is 4.74 Å². The van der Waals surface area contributed by atoms with Crippen molar-refractivity contribution < 1.29 is 9.13 Å². The van der Waals surface area contributed by atoms with E-state index in [2.05, 4.69) is 0 Å². The Morgan fingerprint density at radius 2 is 1.82 bits per heavy atom. The highest BCUT2D eigenvalue weighted by Crippen LogP contribution is 2.25. The normalized spacial score (nSPS) is 10.3. The maximum atomic E-state index is 13.5. The SMILES string of the molecule is Cc1ccc(F)c(Oc2ccc(CCl)cc2)c1. The molecule has 2 aromatic carbocycles. The van der Waals surface area contributed by atoms with E-state index in [0.29, 0.717) is 11.6 Å². The van der Waals surface area contributed by atoms with Gasteiger partial charge in [-0.15, -0.1) is 11.6 Å². The van der Waals surface area contributed by atoms with Crippen molar-refractivity contribution in [2.24, 2.45) is 0 Å². The van der Waals surface area contributed by atoms with Gasteiger partial charge < -0.3 is 4.74 Å². The third-order valence-corrected chi connectivity index (χ3v) is 2.70. The van der Waals surface area contributed by atoms with E-state index in [4.69, 9.17) is 16.3 Å². The zero-order chi connectivity index (χ0) is 12.3. The molecule has 0 radical (unpaired) electrons. The molecule has 1 nitrogen and oxygen atoms in total. The van der Waals surface area contributed by atoms with Crippen molar-refractivity contribution in [2.75, 3.05) is 0 Å². The van der Waals surface area contributed by atoms with Gasteiger partial charge in [-0.25, -0.2) is 4.39 Å². The van der Waals surface area contributed by atoms with Crippen molar-refractivity contribution in [3.63, 3.8) is 0 Å². The number of halogens is 2. The lowest BCUT2D eigenvalue weighted by atomic mass is 10.2. The second kappa shape index (κ2) is 5.19. The van der Waals surface area contributed by atoms with Crippen LogP contribution in [0.2, 0.25) is 0 Å². The van der Waals surface area contributed by atoms with Gasteiger partial charge in [-0.05, 0) is 42.3 Å². The lowest BCUT2D eigenvalue weighted by molar-refractivity contribution is 0.441. The zero-order valence-electron chi connectivity index (χ0n) is 9.41. The quantitative estimate of drug-likeness (QED) is 0.720. The number of aryl methyl sites for hydroxylation is 1. The molecule has 0 N–H and O–H groups in total. The molecule has 88 valence electrons. The van der Waals surface area contributed by atoms with Gasteiger partial charge in [0.1, 0.15) is 5.75 Å². The van der Waals surface area contributed by atoms with Crippen molar-refractivity contribution in [3.8, 4) is 11.5 Å². The summed E-state index contributed by atoms with van der Waals surface area (Å²) in [5.41, 5.74) is 1.96. The van der Waals surface area contributed by atoms with Crippen LogP contribution in [0.3, 0.4) is 0 Å². The van der Waals surface area contributed by atoms with Crippen LogP contribution in [0.5, 0.6) is 11.5 Å². The van der Waals surface area contributed by atoms with Crippen molar-refractivity contribution in [1.82, 2.24) is 0 Å². The van der Waals surface area contributed by atoms with Crippen LogP contribution in [0.15, 0.2) is 42.5 Å². The lowest BCUT2D eigenvalue weighted by Crippen LogP contribution is -1.89. The van der Waals surface area contributed by atoms with Gasteiger partial charge in [0.05, 0.1) is 0 Å². The summed E-state index contributed by atoms with van der Waals surface area (Å²) in [6, 6.07) is 12.0. The van der Waals surface area contributed by atoms with Gasteiger partial charge in [0.2, 0.25) is 0 Å². The standard InChI is InChI=1S/C14H12ClFO/c1-10-2-7-13(16)14(8-10)17-12-5-3-11(9-15)4-6-12/h2-8H,9H2,1H3. The molecule has 3 heteroatoms. The lowest BCUT2D eigenvalue weighted by Gasteiger charge is -2.07. The van der Waals surface area contributed by atoms with Crippen molar-refractivity contribution in [3.05, 3.63) is 59.4 Å². The highest BCUT2D eigenvalue weighted by molar-refractivity contribution is 6.17. The third kappa shape index (κ3) is 2.98. The fourth-order valence-corrected chi connectivity index (χ4v) is 1.64. The molecule has 2 rings (SSSR count). The van der Waals surface area contributed by atoms with E-state index in [9.17, 15) is 4.39 Å². The summed E-state index contributed by atoms with van der Waals surface area (Å²) in [4.78, 5) is 0. The molecule has 0 spiro atoms. The molecule has 0 fully saturated rings. The molecule has 0 unspecified atom stereocenters. The molecule has 0 bridgehead atoms. The van der Waals surface area contributed by atoms with Gasteiger partial charge >= 0.3 is 0 Å². The first-order valence-electron chi connectivity index (χ1n) is 5.28. The molecular formula is C14H12ClFO. The number of alkyl halides is 1. The molecule has 0 atom stereocenters. The molecule has 0 amide bonds. The van der Waals surface area contributed by atoms with E-state index in [1.165, 1.54) is 6.07 Å². The van der Waals surface area contributed by atoms with Gasteiger partial charge in [-0.2, -0.15) is 0 Å².